The number of carboxylic acid groups (broad SMARTS) is 4. The van der Waals surface area contributed by atoms with Gasteiger partial charge in [0.25, 0.3) is 5.91 Å². The molecule has 13 atom stereocenters. The molecule has 0 aliphatic carbocycles. The summed E-state index contributed by atoms with van der Waals surface area (Å²) in [5.74, 6) is -32.4. The van der Waals surface area contributed by atoms with Gasteiger partial charge in [-0.25, -0.2) is 14.0 Å². The Labute approximate surface area is 731 Å². The molecule has 698 valence electrons. The van der Waals surface area contributed by atoms with Gasteiger partial charge < -0.3 is 132 Å². The second-order valence-electron chi connectivity index (χ2n) is 30.2. The van der Waals surface area contributed by atoms with E-state index in [1.807, 2.05) is 16.0 Å². The first kappa shape index (κ1) is 104. The lowest BCUT2D eigenvalue weighted by Crippen LogP contribution is -2.62. The quantitative estimate of drug-likeness (QED) is 0.00880. The summed E-state index contributed by atoms with van der Waals surface area (Å²) in [5.41, 5.74) is 17.2. The van der Waals surface area contributed by atoms with Gasteiger partial charge in [0.15, 0.2) is 5.78 Å². The number of carbonyl (C=O) groups excluding carboxylic acids is 17. The number of Topliss-reactive ketones (excluding diaryl/α,β-unsaturated/α-hetero) is 1. The summed E-state index contributed by atoms with van der Waals surface area (Å²) in [6.07, 6.45) is -0.592. The summed E-state index contributed by atoms with van der Waals surface area (Å²) in [6, 6.07) is -9.13. The largest absolute Gasteiger partial charge is 0.481 e. The number of aliphatic hydroxyl groups excluding tert-OH is 1. The number of aliphatic carboxylic acids is 4. The SMILES string of the molecule is CCCCCCCCCCCNC(=O)NC(Cc1c[nH]c2ccccc12)C(=O)NC(CC(N)=O)C(=O)NC(CC(=O)O)C(=O)NC1C(=O)NCC(=O)NC(CCCNC(=O)c2c(N)cccc2F)C(=O)NC(CC(=O)O)C(=O)NC(C)C(=O)NC(CC(=O)O)C(=O)NCC(=O)NC(CO)C(=O)NC(C(C)CC(=O)O)C(=O)NC(CC(=O)c2ccccc2N)C(=O)OC1C. The highest BCUT2D eigenvalue weighted by Crippen LogP contribution is 2.22. The van der Waals surface area contributed by atoms with Crippen molar-refractivity contribution in [1.29, 1.82) is 0 Å². The third-order valence-corrected chi connectivity index (χ3v) is 19.9. The zero-order valence-electron chi connectivity index (χ0n) is 70.5. The maximum Gasteiger partial charge on any atom is 0.329 e. The summed E-state index contributed by atoms with van der Waals surface area (Å²) in [5, 5.41) is 83.8. The second-order valence-corrected chi connectivity index (χ2v) is 30.2. The number of benzene rings is 3. The van der Waals surface area contributed by atoms with Crippen LogP contribution in [0.1, 0.15) is 163 Å². The topological polar surface area (TPSA) is 743 Å². The molecule has 1 fully saturated rings. The van der Waals surface area contributed by atoms with Gasteiger partial charge in [-0.05, 0) is 74.9 Å². The molecule has 4 aromatic rings. The number of unbranched alkanes of at least 4 members (excludes halogenated alkanes) is 8. The fourth-order valence-electron chi connectivity index (χ4n) is 13.1. The van der Waals surface area contributed by atoms with E-state index >= 15 is 0 Å². The lowest BCUT2D eigenvalue weighted by atomic mass is 9.96. The molecule has 0 bridgehead atoms. The number of aromatic nitrogens is 1. The number of aromatic amines is 1. The van der Waals surface area contributed by atoms with Crippen molar-refractivity contribution in [3.63, 3.8) is 0 Å². The van der Waals surface area contributed by atoms with Crippen molar-refractivity contribution in [2.75, 3.05) is 44.3 Å². The summed E-state index contributed by atoms with van der Waals surface area (Å²) in [6.45, 7) is 0.768. The van der Waals surface area contributed by atoms with E-state index in [1.54, 1.807) is 30.5 Å². The molecular weight excluding hydrogens is 1690 g/mol. The fraction of sp³-hybridized carbons (Fsp3) is 0.494. The predicted molar refractivity (Wildman–Crippen MR) is 447 cm³/mol. The van der Waals surface area contributed by atoms with Crippen LogP contribution in [0.15, 0.2) is 72.9 Å². The van der Waals surface area contributed by atoms with E-state index in [0.717, 1.165) is 78.2 Å². The fourth-order valence-corrected chi connectivity index (χ4v) is 13.1. The van der Waals surface area contributed by atoms with Gasteiger partial charge >= 0.3 is 35.9 Å². The average Bonchev–Trinajstić information content (AvgIpc) is 1.51. The number of amides is 16. The number of fused-ring (bicyclic) bond motifs is 1. The normalized spacial score (nSPS) is 20.1. The Morgan fingerprint density at radius 1 is 0.523 bits per heavy atom. The molecule has 1 saturated heterocycles. The predicted octanol–water partition coefficient (Wildman–Crippen LogP) is -3.86. The van der Waals surface area contributed by atoms with Crippen LogP contribution >= 0.6 is 0 Å². The molecule has 0 saturated carbocycles. The number of primary amides is 1. The van der Waals surface area contributed by atoms with Gasteiger partial charge in [-0.15, -0.1) is 0 Å². The summed E-state index contributed by atoms with van der Waals surface area (Å²) in [7, 11) is 0. The summed E-state index contributed by atoms with van der Waals surface area (Å²) < 4.78 is 20.6. The van der Waals surface area contributed by atoms with Gasteiger partial charge in [-0.3, -0.25) is 91.1 Å². The number of cyclic esters (lactones) is 1. The van der Waals surface area contributed by atoms with Crippen LogP contribution in [0.3, 0.4) is 0 Å². The van der Waals surface area contributed by atoms with Gasteiger partial charge in [0.2, 0.25) is 76.8 Å². The number of esters is 1. The monoisotopic (exact) mass is 1800 g/mol. The van der Waals surface area contributed by atoms with E-state index < -0.39 is 285 Å². The Hall–Kier alpha value is -14.4. The number of urea groups is 1. The van der Waals surface area contributed by atoms with Crippen LogP contribution in [0, 0.1) is 11.7 Å². The Kier molecular flexibility index (Phi) is 42.6. The van der Waals surface area contributed by atoms with Crippen LogP contribution in [0.25, 0.3) is 10.9 Å². The van der Waals surface area contributed by atoms with Crippen LogP contribution in [0.2, 0.25) is 0 Å². The molecule has 0 radical (unpaired) electrons. The molecule has 27 N–H and O–H groups in total. The summed E-state index contributed by atoms with van der Waals surface area (Å²) >= 11 is 0. The number of hydrogen-bond donors (Lipinski definition) is 24. The van der Waals surface area contributed by atoms with Crippen LogP contribution in [-0.4, -0.2) is 260 Å². The third-order valence-electron chi connectivity index (χ3n) is 19.9. The third kappa shape index (κ3) is 34.9. The molecule has 2 heterocycles. The van der Waals surface area contributed by atoms with Gasteiger partial charge in [0.05, 0.1) is 57.4 Å². The Balaban J connectivity index is 1.63. The number of carboxylic acids is 4. The second kappa shape index (κ2) is 52.4. The lowest BCUT2D eigenvalue weighted by Gasteiger charge is -2.30. The first-order valence-corrected chi connectivity index (χ1v) is 40.9. The molecular formula is C81H110FN19O27. The minimum absolute atomic E-state index is 0.178. The minimum atomic E-state index is -2.53. The Morgan fingerprint density at radius 2 is 1.06 bits per heavy atom. The zero-order chi connectivity index (χ0) is 95.0. The van der Waals surface area contributed by atoms with Crippen molar-refractivity contribution < 1.29 is 135 Å². The number of aliphatic hydroxyl groups is 1. The van der Waals surface area contributed by atoms with Gasteiger partial charge in [-0.2, -0.15) is 0 Å². The van der Waals surface area contributed by atoms with Crippen LogP contribution < -0.4 is 97.0 Å². The number of nitrogen functional groups attached to an aromatic ring is 2. The van der Waals surface area contributed by atoms with Crippen LogP contribution in [0.5, 0.6) is 0 Å². The average molecular weight is 1800 g/mol. The minimum Gasteiger partial charge on any atom is -0.481 e. The number of ketones is 1. The number of nitrogens with two attached hydrogens (primary N) is 3. The molecule has 46 nitrogen and oxygen atoms in total. The van der Waals surface area contributed by atoms with Crippen molar-refractivity contribution in [1.82, 2.24) is 84.7 Å². The van der Waals surface area contributed by atoms with Crippen molar-refractivity contribution >= 4 is 147 Å². The van der Waals surface area contributed by atoms with E-state index in [-0.39, 0.29) is 36.3 Å². The number of nitrogens with one attached hydrogen (secondary N) is 16. The highest BCUT2D eigenvalue weighted by molar-refractivity contribution is 6.06. The summed E-state index contributed by atoms with van der Waals surface area (Å²) in [4.78, 5) is 292. The molecule has 1 aliphatic rings. The van der Waals surface area contributed by atoms with E-state index in [4.69, 9.17) is 21.9 Å². The number of carbonyl (C=O) groups is 21. The molecule has 3 aromatic carbocycles. The van der Waals surface area contributed by atoms with E-state index in [9.17, 15) is 131 Å². The zero-order valence-corrected chi connectivity index (χ0v) is 70.5. The smallest absolute Gasteiger partial charge is 0.329 e. The maximum absolute atomic E-state index is 15.0. The molecule has 5 rings (SSSR count). The highest BCUT2D eigenvalue weighted by Gasteiger charge is 2.41. The number of anilines is 2. The van der Waals surface area contributed by atoms with Crippen molar-refractivity contribution in [2.45, 2.75) is 216 Å². The number of H-pyrrole nitrogens is 1. The number of rotatable bonds is 39. The number of hydrogen-bond acceptors (Lipinski definition) is 25. The van der Waals surface area contributed by atoms with Crippen LogP contribution in [-0.2, 0) is 97.5 Å². The van der Waals surface area contributed by atoms with E-state index in [0.29, 0.717) is 22.9 Å². The van der Waals surface area contributed by atoms with E-state index in [2.05, 4.69) is 75.7 Å². The Morgan fingerprint density at radius 3 is 1.67 bits per heavy atom. The van der Waals surface area contributed by atoms with Gasteiger partial charge in [0.1, 0.15) is 78.4 Å². The van der Waals surface area contributed by atoms with Gasteiger partial charge in [-0.1, -0.05) is 102 Å². The molecule has 128 heavy (non-hydrogen) atoms. The molecule has 1 aromatic heterocycles. The standard InChI is InChI=1S/C81H110FN19O27/c1-5-6-7-8-9-10-11-12-17-27-87-81(127)99-51(30-43-36-88-49-25-16-14-20-44(43)49)73(119)95-52(32-59(85)104)74(120)97-55(35-65(113)114)75(121)101-68-42(4)128-80(126)56(31-58(103)45-21-13-15-23-47(45)83)98-79(125)67(40(2)29-62(107)108)100-76(122)57(39-102)93-61(106)37-89-70(116)53(33-63(109)110)94-69(115)41(3)91-72(118)54(34-64(111)112)96-71(117)50(92-60(105)38-90-78(68)124)26-19-28-86-77(123)66-46(82)22-18-24-48(66)84/h13-16,18,20-25,36,40-42,50-57,67-68,88,102H,5-12,17,19,26-35,37-39,83-84H2,1-4H3,(H2,85,104)(H,86,123)(H,89,116)(H,90,124)(H,91,118)(H,92,105)(H,93,106)(H,94,115)(H,95,119)(H,96,117)(H,97,120)(H,98,125)(H,100,122)(H,101,121)(H,107,108)(H,109,110)(H,111,112)(H,113,114)(H2,87,99,127). The molecule has 16 amide bonds. The molecule has 47 heteroatoms. The van der Waals surface area contributed by atoms with Gasteiger partial charge in [0, 0.05) is 60.0 Å². The number of halogens is 1. The molecule has 0 spiro atoms. The van der Waals surface area contributed by atoms with Crippen molar-refractivity contribution in [3.8, 4) is 0 Å². The first-order chi connectivity index (χ1) is 60.6. The number of para-hydroxylation sites is 2. The lowest BCUT2D eigenvalue weighted by molar-refractivity contribution is -0.156. The van der Waals surface area contributed by atoms with Crippen molar-refractivity contribution in [3.05, 3.63) is 95.4 Å². The Bertz CT molecular complexity index is 4680. The molecule has 13 unspecified atom stereocenters. The number of ether oxygens (including phenoxy) is 1. The first-order valence-electron chi connectivity index (χ1n) is 40.9. The molecule has 1 aliphatic heterocycles. The van der Waals surface area contributed by atoms with Crippen LogP contribution in [0.4, 0.5) is 20.6 Å². The highest BCUT2D eigenvalue weighted by atomic mass is 19.1. The van der Waals surface area contributed by atoms with E-state index in [1.165, 1.54) is 36.4 Å². The maximum atomic E-state index is 15.0. The van der Waals surface area contributed by atoms with Crippen molar-refractivity contribution in [2.24, 2.45) is 11.7 Å².